The topological polar surface area (TPSA) is 37.4 Å². The van der Waals surface area contributed by atoms with Gasteiger partial charge in [-0.15, -0.1) is 0 Å². The Kier molecular flexibility index (Phi) is 2.84. The van der Waals surface area contributed by atoms with Crippen molar-refractivity contribution in [2.45, 2.75) is 33.1 Å². The van der Waals surface area contributed by atoms with Crippen molar-refractivity contribution in [1.82, 2.24) is 0 Å². The largest absolute Gasteiger partial charge is 0.274 e. The van der Waals surface area contributed by atoms with E-state index in [1.165, 1.54) is 4.90 Å². The highest BCUT2D eigenvalue weighted by atomic mass is 79.9. The number of carbonyl (C=O) groups excluding carboxylic acids is 2. The number of nitrogens with zero attached hydrogens (tertiary/aromatic N) is 1. The molecule has 1 aromatic carbocycles. The Balaban J connectivity index is 1.79. The van der Waals surface area contributed by atoms with E-state index in [0.29, 0.717) is 11.8 Å². The number of imide groups is 1. The Bertz CT molecular complexity index is 641. The summed E-state index contributed by atoms with van der Waals surface area (Å²) in [7, 11) is 0. The number of aryl methyl sites for hydroxylation is 2. The molecule has 2 amide bonds. The molecule has 2 bridgehead atoms. The van der Waals surface area contributed by atoms with Gasteiger partial charge in [0.05, 0.1) is 17.5 Å². The molecule has 1 saturated heterocycles. The van der Waals surface area contributed by atoms with E-state index < -0.39 is 0 Å². The van der Waals surface area contributed by atoms with Crippen LogP contribution in [0, 0.1) is 37.5 Å². The molecule has 0 N–H and O–H groups in total. The molecule has 0 unspecified atom stereocenters. The van der Waals surface area contributed by atoms with Gasteiger partial charge in [0.15, 0.2) is 0 Å². The normalized spacial score (nSPS) is 34.0. The van der Waals surface area contributed by atoms with Gasteiger partial charge in [0.1, 0.15) is 0 Å². The highest BCUT2D eigenvalue weighted by molar-refractivity contribution is 9.10. The van der Waals surface area contributed by atoms with Crippen LogP contribution < -0.4 is 4.90 Å². The highest BCUT2D eigenvalue weighted by Crippen LogP contribution is 2.56. The SMILES string of the molecule is Cc1cc(N2C(=O)[C@H]3[C@@H]4CC[C@@H](C4)[C@@H]3C2=O)c(C)cc1Br. The molecule has 1 aromatic rings. The van der Waals surface area contributed by atoms with Crippen LogP contribution in [0.5, 0.6) is 0 Å². The van der Waals surface area contributed by atoms with E-state index in [2.05, 4.69) is 15.9 Å². The third kappa shape index (κ3) is 1.71. The Morgan fingerprint density at radius 3 is 2.14 bits per heavy atom. The van der Waals surface area contributed by atoms with Gasteiger partial charge in [-0.3, -0.25) is 9.59 Å². The van der Waals surface area contributed by atoms with Crippen LogP contribution in [-0.4, -0.2) is 11.8 Å². The molecule has 3 nitrogen and oxygen atoms in total. The minimum Gasteiger partial charge on any atom is -0.274 e. The maximum Gasteiger partial charge on any atom is 0.237 e. The summed E-state index contributed by atoms with van der Waals surface area (Å²) < 4.78 is 1.02. The van der Waals surface area contributed by atoms with E-state index in [-0.39, 0.29) is 23.7 Å². The van der Waals surface area contributed by atoms with E-state index in [1.807, 2.05) is 26.0 Å². The molecule has 1 aliphatic heterocycles. The smallest absolute Gasteiger partial charge is 0.237 e. The maximum atomic E-state index is 12.8. The molecule has 21 heavy (non-hydrogen) atoms. The molecule has 0 radical (unpaired) electrons. The number of fused-ring (bicyclic) bond motifs is 5. The van der Waals surface area contributed by atoms with Crippen LogP contribution >= 0.6 is 15.9 Å². The van der Waals surface area contributed by atoms with Crippen LogP contribution in [0.1, 0.15) is 30.4 Å². The lowest BCUT2D eigenvalue weighted by Crippen LogP contribution is -2.33. The number of hydrogen-bond acceptors (Lipinski definition) is 2. The van der Waals surface area contributed by atoms with Gasteiger partial charge in [0.2, 0.25) is 11.8 Å². The fraction of sp³-hybridized carbons (Fsp3) is 0.529. The first-order valence-electron chi connectivity index (χ1n) is 7.63. The van der Waals surface area contributed by atoms with Crippen LogP contribution in [-0.2, 0) is 9.59 Å². The van der Waals surface area contributed by atoms with Gasteiger partial charge < -0.3 is 0 Å². The monoisotopic (exact) mass is 347 g/mol. The first kappa shape index (κ1) is 13.5. The van der Waals surface area contributed by atoms with Crippen LogP contribution in [0.25, 0.3) is 0 Å². The van der Waals surface area contributed by atoms with Crippen LogP contribution in [0.3, 0.4) is 0 Å². The molecular weight excluding hydrogens is 330 g/mol. The molecule has 1 heterocycles. The lowest BCUT2D eigenvalue weighted by atomic mass is 9.81. The van der Waals surface area contributed by atoms with Gasteiger partial charge in [0.25, 0.3) is 0 Å². The lowest BCUT2D eigenvalue weighted by Gasteiger charge is -2.20. The van der Waals surface area contributed by atoms with Gasteiger partial charge in [-0.05, 0) is 68.2 Å². The number of halogens is 1. The first-order valence-corrected chi connectivity index (χ1v) is 8.43. The Morgan fingerprint density at radius 1 is 1.00 bits per heavy atom. The number of amides is 2. The predicted octanol–water partition coefficient (Wildman–Crippen LogP) is 3.60. The van der Waals surface area contributed by atoms with Gasteiger partial charge in [-0.25, -0.2) is 4.90 Å². The molecule has 4 heteroatoms. The molecule has 3 fully saturated rings. The molecule has 0 spiro atoms. The molecule has 4 atom stereocenters. The Morgan fingerprint density at radius 2 is 1.57 bits per heavy atom. The summed E-state index contributed by atoms with van der Waals surface area (Å²) in [5, 5.41) is 0. The summed E-state index contributed by atoms with van der Waals surface area (Å²) in [5.74, 6) is 0.889. The van der Waals surface area contributed by atoms with E-state index in [1.54, 1.807) is 0 Å². The molecule has 3 aliphatic rings. The van der Waals surface area contributed by atoms with Gasteiger partial charge in [-0.1, -0.05) is 15.9 Å². The average molecular weight is 348 g/mol. The molecular formula is C17H18BrNO2. The predicted molar refractivity (Wildman–Crippen MR) is 83.9 cm³/mol. The standard InChI is InChI=1S/C17H18BrNO2/c1-8-6-13(9(2)5-12(8)18)19-16(20)14-10-3-4-11(7-10)15(14)17(19)21/h5-6,10-11,14-15H,3-4,7H2,1-2H3/t10-,11+,14-,15-/m0/s1. The minimum absolute atomic E-state index is 0.0420. The molecule has 2 aliphatic carbocycles. The number of carbonyl (C=O) groups is 2. The van der Waals surface area contributed by atoms with Crippen molar-refractivity contribution in [3.8, 4) is 0 Å². The second-order valence-electron chi connectivity index (χ2n) is 6.78. The van der Waals surface area contributed by atoms with E-state index in [9.17, 15) is 9.59 Å². The Hall–Kier alpha value is -1.16. The van der Waals surface area contributed by atoms with Crippen LogP contribution in [0.4, 0.5) is 5.69 Å². The summed E-state index contributed by atoms with van der Waals surface area (Å²) in [5.41, 5.74) is 2.80. The number of anilines is 1. The quantitative estimate of drug-likeness (QED) is 0.728. The average Bonchev–Trinajstić information content (AvgIpc) is 3.09. The third-order valence-electron chi connectivity index (χ3n) is 5.65. The van der Waals surface area contributed by atoms with Gasteiger partial charge in [0, 0.05) is 4.47 Å². The number of benzene rings is 1. The molecule has 0 aromatic heterocycles. The molecule has 110 valence electrons. The van der Waals surface area contributed by atoms with Crippen molar-refractivity contribution < 1.29 is 9.59 Å². The summed E-state index contributed by atoms with van der Waals surface area (Å²) >= 11 is 3.51. The van der Waals surface area contributed by atoms with Gasteiger partial charge >= 0.3 is 0 Å². The van der Waals surface area contributed by atoms with Gasteiger partial charge in [-0.2, -0.15) is 0 Å². The van der Waals surface area contributed by atoms with Crippen LogP contribution in [0.2, 0.25) is 0 Å². The summed E-state index contributed by atoms with van der Waals surface area (Å²) in [6.45, 7) is 3.95. The molecule has 2 saturated carbocycles. The van der Waals surface area contributed by atoms with E-state index in [0.717, 1.165) is 40.5 Å². The summed E-state index contributed by atoms with van der Waals surface area (Å²) in [6, 6.07) is 3.95. The number of hydrogen-bond donors (Lipinski definition) is 0. The fourth-order valence-corrected chi connectivity index (χ4v) is 5.11. The minimum atomic E-state index is -0.0420. The van der Waals surface area contributed by atoms with Crippen molar-refractivity contribution in [3.63, 3.8) is 0 Å². The fourth-order valence-electron chi connectivity index (χ4n) is 4.65. The lowest BCUT2D eigenvalue weighted by molar-refractivity contribution is -0.123. The van der Waals surface area contributed by atoms with Crippen molar-refractivity contribution in [2.24, 2.45) is 23.7 Å². The maximum absolute atomic E-state index is 12.8. The second kappa shape index (κ2) is 4.42. The molecule has 4 rings (SSSR count). The summed E-state index contributed by atoms with van der Waals surface area (Å²) in [6.07, 6.45) is 3.33. The first-order chi connectivity index (χ1) is 9.99. The van der Waals surface area contributed by atoms with Crippen molar-refractivity contribution in [2.75, 3.05) is 4.90 Å². The third-order valence-corrected chi connectivity index (χ3v) is 6.50. The van der Waals surface area contributed by atoms with Crippen molar-refractivity contribution >= 4 is 33.4 Å². The highest BCUT2D eigenvalue weighted by Gasteiger charge is 2.61. The Labute approximate surface area is 132 Å². The number of rotatable bonds is 1. The van der Waals surface area contributed by atoms with E-state index >= 15 is 0 Å². The van der Waals surface area contributed by atoms with Crippen molar-refractivity contribution in [1.29, 1.82) is 0 Å². The van der Waals surface area contributed by atoms with Crippen molar-refractivity contribution in [3.05, 3.63) is 27.7 Å². The zero-order valence-electron chi connectivity index (χ0n) is 12.2. The zero-order chi connectivity index (χ0) is 14.9. The van der Waals surface area contributed by atoms with Crippen LogP contribution in [0.15, 0.2) is 16.6 Å². The summed E-state index contributed by atoms with van der Waals surface area (Å²) in [4.78, 5) is 27.1. The van der Waals surface area contributed by atoms with E-state index in [4.69, 9.17) is 0 Å². The zero-order valence-corrected chi connectivity index (χ0v) is 13.8. The second-order valence-corrected chi connectivity index (χ2v) is 7.64.